The number of rotatable bonds is 3. The van der Waals surface area contributed by atoms with E-state index in [0.717, 1.165) is 22.6 Å². The Morgan fingerprint density at radius 1 is 1.25 bits per heavy atom. The molecule has 0 saturated carbocycles. The monoisotopic (exact) mass is 283 g/mol. The van der Waals surface area contributed by atoms with Crippen molar-refractivity contribution < 1.29 is 4.79 Å². The van der Waals surface area contributed by atoms with Gasteiger partial charge in [0.05, 0.1) is 22.5 Å². The van der Waals surface area contributed by atoms with Gasteiger partial charge in [0, 0.05) is 0 Å². The van der Waals surface area contributed by atoms with E-state index in [1.807, 2.05) is 23.6 Å². The van der Waals surface area contributed by atoms with E-state index in [1.165, 1.54) is 16.9 Å². The molecule has 0 amide bonds. The Morgan fingerprint density at radius 2 is 2.05 bits per heavy atom. The van der Waals surface area contributed by atoms with Gasteiger partial charge in [-0.2, -0.15) is 0 Å². The number of ketones is 1. The predicted octanol–water partition coefficient (Wildman–Crippen LogP) is 4.14. The van der Waals surface area contributed by atoms with E-state index in [-0.39, 0.29) is 11.3 Å². The lowest BCUT2D eigenvalue weighted by atomic mass is 9.85. The van der Waals surface area contributed by atoms with Crippen molar-refractivity contribution in [3.63, 3.8) is 0 Å². The molecule has 0 bridgehead atoms. The lowest BCUT2D eigenvalue weighted by molar-refractivity contribution is 0.100. The van der Waals surface area contributed by atoms with Crippen LogP contribution in [0.25, 0.3) is 0 Å². The van der Waals surface area contributed by atoms with Gasteiger partial charge in [-0.25, -0.2) is 0 Å². The van der Waals surface area contributed by atoms with Crippen molar-refractivity contribution in [1.82, 2.24) is 0 Å². The van der Waals surface area contributed by atoms with Gasteiger partial charge in [0.2, 0.25) is 0 Å². The van der Waals surface area contributed by atoms with Gasteiger partial charge < -0.3 is 0 Å². The Bertz CT molecular complexity index is 668. The van der Waals surface area contributed by atoms with Crippen LogP contribution >= 0.6 is 11.3 Å². The second-order valence-corrected chi connectivity index (χ2v) is 6.73. The van der Waals surface area contributed by atoms with Crippen molar-refractivity contribution >= 4 is 22.8 Å². The van der Waals surface area contributed by atoms with Crippen molar-refractivity contribution in [1.29, 1.82) is 0 Å². The third kappa shape index (κ3) is 2.59. The Kier molecular flexibility index (Phi) is 3.30. The van der Waals surface area contributed by atoms with Gasteiger partial charge >= 0.3 is 0 Å². The van der Waals surface area contributed by atoms with Crippen LogP contribution in [0.2, 0.25) is 0 Å². The molecule has 1 aromatic heterocycles. The molecule has 0 N–H and O–H groups in total. The van der Waals surface area contributed by atoms with Crippen molar-refractivity contribution in [3.05, 3.63) is 57.8 Å². The zero-order chi connectivity index (χ0) is 14.2. The zero-order valence-corrected chi connectivity index (χ0v) is 12.5. The number of carbonyl (C=O) groups excluding carboxylic acids is 1. The highest BCUT2D eigenvalue weighted by molar-refractivity contribution is 7.12. The summed E-state index contributed by atoms with van der Waals surface area (Å²) in [7, 11) is 0. The summed E-state index contributed by atoms with van der Waals surface area (Å²) in [6.07, 6.45) is 1.32. The molecule has 3 rings (SSSR count). The second kappa shape index (κ2) is 4.98. The number of aliphatic imine (C=N–C) groups is 1. The van der Waals surface area contributed by atoms with Crippen LogP contribution in [0.3, 0.4) is 0 Å². The summed E-state index contributed by atoms with van der Waals surface area (Å²) in [5, 5.41) is 1.94. The number of carbonyl (C=O) groups is 1. The Hall–Kier alpha value is -1.74. The molecule has 0 unspecified atom stereocenters. The molecule has 0 radical (unpaired) electrons. The van der Waals surface area contributed by atoms with Crippen molar-refractivity contribution in [2.45, 2.75) is 32.2 Å². The fraction of sp³-hybridized carbons (Fsp3) is 0.294. The lowest BCUT2D eigenvalue weighted by Gasteiger charge is -2.28. The van der Waals surface area contributed by atoms with Crippen LogP contribution in [0, 0.1) is 0 Å². The molecule has 1 aromatic carbocycles. The molecule has 0 spiro atoms. The standard InChI is InChI=1S/C17H17NOS/c1-17(2)11-12-6-3-4-7-13(12)14(18-17)10-15(19)16-8-5-9-20-16/h3-9H,10-11H2,1-2H3. The molecule has 0 atom stereocenters. The van der Waals surface area contributed by atoms with Gasteiger partial charge in [0.25, 0.3) is 0 Å². The number of nitrogens with zero attached hydrogens (tertiary/aromatic N) is 1. The van der Waals surface area contributed by atoms with Crippen molar-refractivity contribution in [2.24, 2.45) is 4.99 Å². The lowest BCUT2D eigenvalue weighted by Crippen LogP contribution is -2.29. The van der Waals surface area contributed by atoms with Gasteiger partial charge in [-0.15, -0.1) is 11.3 Å². The van der Waals surface area contributed by atoms with Gasteiger partial charge in [-0.05, 0) is 42.8 Å². The summed E-state index contributed by atoms with van der Waals surface area (Å²) in [6, 6.07) is 12.1. The third-order valence-electron chi connectivity index (χ3n) is 3.51. The molecule has 1 aliphatic rings. The summed E-state index contributed by atoms with van der Waals surface area (Å²) >= 11 is 1.50. The summed E-state index contributed by atoms with van der Waals surface area (Å²) < 4.78 is 0. The first-order chi connectivity index (χ1) is 9.55. The molecule has 20 heavy (non-hydrogen) atoms. The summed E-state index contributed by atoms with van der Waals surface area (Å²) in [4.78, 5) is 17.9. The summed E-state index contributed by atoms with van der Waals surface area (Å²) in [5.74, 6) is 0.159. The predicted molar refractivity (Wildman–Crippen MR) is 84.0 cm³/mol. The minimum atomic E-state index is -0.126. The van der Waals surface area contributed by atoms with Gasteiger partial charge in [0.15, 0.2) is 5.78 Å². The average molecular weight is 283 g/mol. The fourth-order valence-corrected chi connectivity index (χ4v) is 3.36. The van der Waals surface area contributed by atoms with E-state index in [2.05, 4.69) is 32.0 Å². The Balaban J connectivity index is 1.95. The molecular weight excluding hydrogens is 266 g/mol. The topological polar surface area (TPSA) is 29.4 Å². The number of Topliss-reactive ketones (excluding diaryl/α,β-unsaturated/α-hetero) is 1. The first-order valence-electron chi connectivity index (χ1n) is 6.79. The number of hydrogen-bond acceptors (Lipinski definition) is 3. The Morgan fingerprint density at radius 3 is 2.80 bits per heavy atom. The van der Waals surface area contributed by atoms with E-state index in [0.29, 0.717) is 6.42 Å². The first kappa shape index (κ1) is 13.3. The molecule has 1 aliphatic heterocycles. The quantitative estimate of drug-likeness (QED) is 0.778. The molecule has 0 saturated heterocycles. The zero-order valence-electron chi connectivity index (χ0n) is 11.7. The van der Waals surface area contributed by atoms with Crippen molar-refractivity contribution in [2.75, 3.05) is 0 Å². The van der Waals surface area contributed by atoms with Crippen LogP contribution in [0.5, 0.6) is 0 Å². The normalized spacial score (nSPS) is 16.4. The van der Waals surface area contributed by atoms with E-state index < -0.39 is 0 Å². The van der Waals surface area contributed by atoms with Gasteiger partial charge in [-0.1, -0.05) is 30.3 Å². The Labute approximate surface area is 123 Å². The number of thiophene rings is 1. The highest BCUT2D eigenvalue weighted by Crippen LogP contribution is 2.28. The van der Waals surface area contributed by atoms with E-state index in [4.69, 9.17) is 4.99 Å². The third-order valence-corrected chi connectivity index (χ3v) is 4.42. The summed E-state index contributed by atoms with van der Waals surface area (Å²) in [6.45, 7) is 4.25. The van der Waals surface area contributed by atoms with Crippen LogP contribution in [0.15, 0.2) is 46.8 Å². The van der Waals surface area contributed by atoms with Crippen molar-refractivity contribution in [3.8, 4) is 0 Å². The molecule has 2 aromatic rings. The SMILES string of the molecule is CC1(C)Cc2ccccc2C(CC(=O)c2cccs2)=N1. The number of benzene rings is 1. The van der Waals surface area contributed by atoms with Crippen LogP contribution < -0.4 is 0 Å². The minimum Gasteiger partial charge on any atom is -0.293 e. The minimum absolute atomic E-state index is 0.126. The van der Waals surface area contributed by atoms with Crippen LogP contribution in [-0.2, 0) is 6.42 Å². The largest absolute Gasteiger partial charge is 0.293 e. The van der Waals surface area contributed by atoms with Crippen LogP contribution in [-0.4, -0.2) is 17.0 Å². The highest BCUT2D eigenvalue weighted by atomic mass is 32.1. The molecule has 3 heteroatoms. The number of fused-ring (bicyclic) bond motifs is 1. The van der Waals surface area contributed by atoms with E-state index >= 15 is 0 Å². The fourth-order valence-electron chi connectivity index (χ4n) is 2.70. The molecule has 2 heterocycles. The number of hydrogen-bond donors (Lipinski definition) is 0. The van der Waals surface area contributed by atoms with E-state index in [1.54, 1.807) is 0 Å². The second-order valence-electron chi connectivity index (χ2n) is 5.78. The maximum Gasteiger partial charge on any atom is 0.178 e. The van der Waals surface area contributed by atoms with Gasteiger partial charge in [-0.3, -0.25) is 9.79 Å². The van der Waals surface area contributed by atoms with E-state index in [9.17, 15) is 4.79 Å². The molecule has 0 fully saturated rings. The first-order valence-corrected chi connectivity index (χ1v) is 7.67. The van der Waals surface area contributed by atoms with Crippen LogP contribution in [0.4, 0.5) is 0 Å². The summed E-state index contributed by atoms with van der Waals surface area (Å²) in [5.41, 5.74) is 3.23. The van der Waals surface area contributed by atoms with Gasteiger partial charge in [0.1, 0.15) is 0 Å². The molecular formula is C17H17NOS. The maximum atomic E-state index is 12.3. The average Bonchev–Trinajstić information content (AvgIpc) is 2.91. The highest BCUT2D eigenvalue weighted by Gasteiger charge is 2.27. The maximum absolute atomic E-state index is 12.3. The molecule has 102 valence electrons. The molecule has 2 nitrogen and oxygen atoms in total. The van der Waals surface area contributed by atoms with Crippen LogP contribution in [0.1, 0.15) is 41.1 Å². The molecule has 0 aliphatic carbocycles. The smallest absolute Gasteiger partial charge is 0.178 e.